The molecular formula is C17H22N2O. The predicted molar refractivity (Wildman–Crippen MR) is 82.1 cm³/mol. The van der Waals surface area contributed by atoms with Crippen LogP contribution >= 0.6 is 0 Å². The normalized spacial score (nSPS) is 12.2. The van der Waals surface area contributed by atoms with E-state index in [-0.39, 0.29) is 6.04 Å². The van der Waals surface area contributed by atoms with Gasteiger partial charge in [-0.2, -0.15) is 0 Å². The van der Waals surface area contributed by atoms with Crippen molar-refractivity contribution in [1.82, 2.24) is 10.3 Å². The molecule has 20 heavy (non-hydrogen) atoms. The summed E-state index contributed by atoms with van der Waals surface area (Å²) in [5.74, 6) is 0.933. The molecule has 1 aromatic heterocycles. The first-order valence-electron chi connectivity index (χ1n) is 6.97. The summed E-state index contributed by atoms with van der Waals surface area (Å²) in [5.41, 5.74) is 3.61. The molecule has 1 N–H and O–H groups in total. The molecule has 106 valence electrons. The summed E-state index contributed by atoms with van der Waals surface area (Å²) in [4.78, 5) is 4.25. The second-order valence-corrected chi connectivity index (χ2v) is 5.09. The van der Waals surface area contributed by atoms with Crippen LogP contribution in [0.1, 0.15) is 29.2 Å². The zero-order valence-electron chi connectivity index (χ0n) is 12.4. The standard InChI is InChI=1S/C17H22N2O/c1-13-5-4-6-16(10-13)20-8-7-17(18-3)15-9-14(2)11-19-12-15/h4-6,9-12,17-18H,7-8H2,1-3H3. The number of hydrogen-bond donors (Lipinski definition) is 1. The Bertz CT molecular complexity index is 554. The van der Waals surface area contributed by atoms with Crippen LogP contribution in [0.3, 0.4) is 0 Å². The van der Waals surface area contributed by atoms with E-state index in [0.717, 1.165) is 12.2 Å². The molecule has 0 spiro atoms. The summed E-state index contributed by atoms with van der Waals surface area (Å²) >= 11 is 0. The molecule has 2 aromatic rings. The van der Waals surface area contributed by atoms with Crippen LogP contribution in [-0.4, -0.2) is 18.6 Å². The van der Waals surface area contributed by atoms with Gasteiger partial charge in [0.2, 0.25) is 0 Å². The molecule has 0 saturated carbocycles. The maximum Gasteiger partial charge on any atom is 0.119 e. The first kappa shape index (κ1) is 14.5. The Labute approximate surface area is 121 Å². The van der Waals surface area contributed by atoms with Gasteiger partial charge in [0.15, 0.2) is 0 Å². The van der Waals surface area contributed by atoms with E-state index in [2.05, 4.69) is 42.3 Å². The summed E-state index contributed by atoms with van der Waals surface area (Å²) in [7, 11) is 1.97. The molecule has 2 rings (SSSR count). The van der Waals surface area contributed by atoms with Crippen LogP contribution in [0.4, 0.5) is 0 Å². The number of rotatable bonds is 6. The molecular weight excluding hydrogens is 248 g/mol. The highest BCUT2D eigenvalue weighted by Gasteiger charge is 2.09. The second-order valence-electron chi connectivity index (χ2n) is 5.09. The van der Waals surface area contributed by atoms with Crippen molar-refractivity contribution in [3.8, 4) is 5.75 Å². The molecule has 1 heterocycles. The number of hydrogen-bond acceptors (Lipinski definition) is 3. The van der Waals surface area contributed by atoms with Gasteiger partial charge in [0, 0.05) is 24.9 Å². The minimum Gasteiger partial charge on any atom is -0.494 e. The Morgan fingerprint density at radius 3 is 2.70 bits per heavy atom. The summed E-state index contributed by atoms with van der Waals surface area (Å²) in [6.45, 7) is 4.82. The molecule has 0 aliphatic rings. The highest BCUT2D eigenvalue weighted by Crippen LogP contribution is 2.18. The molecule has 0 fully saturated rings. The number of nitrogens with one attached hydrogen (secondary N) is 1. The molecule has 1 atom stereocenters. The topological polar surface area (TPSA) is 34.1 Å². The zero-order valence-corrected chi connectivity index (χ0v) is 12.4. The van der Waals surface area contributed by atoms with Gasteiger partial charge in [0.1, 0.15) is 5.75 Å². The van der Waals surface area contributed by atoms with Gasteiger partial charge in [-0.25, -0.2) is 0 Å². The summed E-state index contributed by atoms with van der Waals surface area (Å²) < 4.78 is 5.81. The first-order chi connectivity index (χ1) is 9.69. The van der Waals surface area contributed by atoms with Crippen LogP contribution in [0.2, 0.25) is 0 Å². The zero-order chi connectivity index (χ0) is 14.4. The van der Waals surface area contributed by atoms with Gasteiger partial charge in [-0.05, 0) is 49.7 Å². The number of pyridine rings is 1. The number of ether oxygens (including phenoxy) is 1. The molecule has 1 unspecified atom stereocenters. The lowest BCUT2D eigenvalue weighted by Gasteiger charge is -2.17. The Morgan fingerprint density at radius 1 is 1.15 bits per heavy atom. The number of aryl methyl sites for hydroxylation is 2. The van der Waals surface area contributed by atoms with E-state index in [9.17, 15) is 0 Å². The lowest BCUT2D eigenvalue weighted by Crippen LogP contribution is -2.19. The highest BCUT2D eigenvalue weighted by molar-refractivity contribution is 5.27. The van der Waals surface area contributed by atoms with Gasteiger partial charge >= 0.3 is 0 Å². The molecule has 0 bridgehead atoms. The van der Waals surface area contributed by atoms with Crippen LogP contribution in [0.15, 0.2) is 42.7 Å². The smallest absolute Gasteiger partial charge is 0.119 e. The number of benzene rings is 1. The molecule has 3 nitrogen and oxygen atoms in total. The van der Waals surface area contributed by atoms with Crippen molar-refractivity contribution in [1.29, 1.82) is 0 Å². The predicted octanol–water partition coefficient (Wildman–Crippen LogP) is 3.43. The maximum atomic E-state index is 5.81. The molecule has 0 saturated heterocycles. The largest absolute Gasteiger partial charge is 0.494 e. The first-order valence-corrected chi connectivity index (χ1v) is 6.97. The fourth-order valence-electron chi connectivity index (χ4n) is 2.25. The lowest BCUT2D eigenvalue weighted by atomic mass is 10.1. The van der Waals surface area contributed by atoms with Crippen LogP contribution in [0.25, 0.3) is 0 Å². The third kappa shape index (κ3) is 4.07. The minimum atomic E-state index is 0.271. The second kappa shape index (κ2) is 7.06. The Hall–Kier alpha value is -1.87. The van der Waals surface area contributed by atoms with Crippen molar-refractivity contribution in [3.05, 3.63) is 59.4 Å². The SMILES string of the molecule is CNC(CCOc1cccc(C)c1)c1cncc(C)c1. The monoisotopic (exact) mass is 270 g/mol. The maximum absolute atomic E-state index is 5.81. The van der Waals surface area contributed by atoms with E-state index >= 15 is 0 Å². The van der Waals surface area contributed by atoms with Crippen molar-refractivity contribution in [3.63, 3.8) is 0 Å². The van der Waals surface area contributed by atoms with Crippen molar-refractivity contribution in [2.75, 3.05) is 13.7 Å². The van der Waals surface area contributed by atoms with Crippen LogP contribution < -0.4 is 10.1 Å². The molecule has 0 radical (unpaired) electrons. The minimum absolute atomic E-state index is 0.271. The molecule has 0 aliphatic heterocycles. The summed E-state index contributed by atoms with van der Waals surface area (Å²) in [6, 6.07) is 10.6. The van der Waals surface area contributed by atoms with Crippen LogP contribution in [-0.2, 0) is 0 Å². The van der Waals surface area contributed by atoms with Gasteiger partial charge in [-0.1, -0.05) is 18.2 Å². The Morgan fingerprint density at radius 2 is 2.00 bits per heavy atom. The van der Waals surface area contributed by atoms with Gasteiger partial charge in [0.25, 0.3) is 0 Å². The van der Waals surface area contributed by atoms with Crippen LogP contribution in [0.5, 0.6) is 5.75 Å². The number of nitrogens with zero attached hydrogens (tertiary/aromatic N) is 1. The van der Waals surface area contributed by atoms with Crippen molar-refractivity contribution in [2.45, 2.75) is 26.3 Å². The van der Waals surface area contributed by atoms with E-state index in [0.29, 0.717) is 6.61 Å². The third-order valence-electron chi connectivity index (χ3n) is 3.31. The molecule has 1 aromatic carbocycles. The third-order valence-corrected chi connectivity index (χ3v) is 3.31. The van der Waals surface area contributed by atoms with Crippen molar-refractivity contribution < 1.29 is 4.74 Å². The fraction of sp³-hybridized carbons (Fsp3) is 0.353. The molecule has 0 amide bonds. The summed E-state index contributed by atoms with van der Waals surface area (Å²) in [5, 5.41) is 3.32. The highest BCUT2D eigenvalue weighted by atomic mass is 16.5. The van der Waals surface area contributed by atoms with E-state index in [4.69, 9.17) is 4.74 Å². The Balaban J connectivity index is 1.91. The fourth-order valence-corrected chi connectivity index (χ4v) is 2.25. The van der Waals surface area contributed by atoms with E-state index < -0.39 is 0 Å². The van der Waals surface area contributed by atoms with Gasteiger partial charge in [-0.15, -0.1) is 0 Å². The van der Waals surface area contributed by atoms with Crippen molar-refractivity contribution in [2.24, 2.45) is 0 Å². The molecule has 3 heteroatoms. The van der Waals surface area contributed by atoms with Gasteiger partial charge < -0.3 is 10.1 Å². The van der Waals surface area contributed by atoms with Crippen LogP contribution in [0, 0.1) is 13.8 Å². The average Bonchev–Trinajstić information content (AvgIpc) is 2.44. The Kier molecular flexibility index (Phi) is 5.13. The summed E-state index contributed by atoms with van der Waals surface area (Å²) in [6.07, 6.45) is 4.70. The quantitative estimate of drug-likeness (QED) is 0.873. The number of aromatic nitrogens is 1. The van der Waals surface area contributed by atoms with E-state index in [1.165, 1.54) is 16.7 Å². The van der Waals surface area contributed by atoms with Crippen molar-refractivity contribution >= 4 is 0 Å². The lowest BCUT2D eigenvalue weighted by molar-refractivity contribution is 0.290. The van der Waals surface area contributed by atoms with Gasteiger partial charge in [0.05, 0.1) is 6.61 Å². The van der Waals surface area contributed by atoms with Gasteiger partial charge in [-0.3, -0.25) is 4.98 Å². The van der Waals surface area contributed by atoms with E-state index in [1.54, 1.807) is 0 Å². The molecule has 0 aliphatic carbocycles. The van der Waals surface area contributed by atoms with E-state index in [1.807, 2.05) is 31.6 Å². The average molecular weight is 270 g/mol.